The van der Waals surface area contributed by atoms with Crippen molar-refractivity contribution in [2.24, 2.45) is 0 Å². The van der Waals surface area contributed by atoms with Crippen LogP contribution in [0.5, 0.6) is 0 Å². The Labute approximate surface area is 89.0 Å². The molecule has 0 saturated heterocycles. The highest BCUT2D eigenvalue weighted by atomic mass is 35.5. The number of hydrogen-bond donors (Lipinski definition) is 0. The normalized spacial score (nSPS) is 9.43. The van der Waals surface area contributed by atoms with Crippen LogP contribution in [0.25, 0.3) is 10.8 Å². The van der Waals surface area contributed by atoms with Crippen molar-refractivity contribution in [1.29, 1.82) is 0 Å². The van der Waals surface area contributed by atoms with E-state index in [2.05, 4.69) is 9.97 Å². The summed E-state index contributed by atoms with van der Waals surface area (Å²) in [5, 5.41) is 2.69. The molecule has 2 aromatic heterocycles. The lowest BCUT2D eigenvalue weighted by atomic mass is 10.2. The van der Waals surface area contributed by atoms with Crippen molar-refractivity contribution in [2.75, 3.05) is 0 Å². The summed E-state index contributed by atoms with van der Waals surface area (Å²) in [5.74, 6) is 0. The molecule has 0 aliphatic heterocycles. The van der Waals surface area contributed by atoms with E-state index in [1.807, 2.05) is 26.8 Å². The van der Waals surface area contributed by atoms with E-state index >= 15 is 0 Å². The summed E-state index contributed by atoms with van der Waals surface area (Å²) >= 11 is 5.93. The van der Waals surface area contributed by atoms with E-state index in [1.165, 1.54) is 0 Å². The minimum atomic E-state index is 0.656. The first-order chi connectivity index (χ1) is 6.79. The van der Waals surface area contributed by atoms with Gasteiger partial charge in [-0.15, -0.1) is 0 Å². The van der Waals surface area contributed by atoms with E-state index in [-0.39, 0.29) is 0 Å². The van der Waals surface area contributed by atoms with E-state index < -0.39 is 0 Å². The average Bonchev–Trinajstić information content (AvgIpc) is 2.27. The fourth-order valence-electron chi connectivity index (χ4n) is 1.19. The molecule has 0 radical (unpaired) electrons. The van der Waals surface area contributed by atoms with E-state index in [1.54, 1.807) is 18.6 Å². The smallest absolute Gasteiger partial charge is 0.0683 e. The molecule has 0 spiro atoms. The number of hydrogen-bond acceptors (Lipinski definition) is 2. The zero-order chi connectivity index (χ0) is 10.6. The molecule has 0 saturated carbocycles. The van der Waals surface area contributed by atoms with Crippen LogP contribution in [0, 0.1) is 6.92 Å². The monoisotopic (exact) mass is 208 g/mol. The van der Waals surface area contributed by atoms with Crippen LogP contribution in [0.3, 0.4) is 0 Å². The molecule has 0 N–H and O–H groups in total. The second kappa shape index (κ2) is 4.91. The fourth-order valence-corrected chi connectivity index (χ4v) is 1.39. The van der Waals surface area contributed by atoms with Crippen LogP contribution >= 0.6 is 11.6 Å². The summed E-state index contributed by atoms with van der Waals surface area (Å²) in [6.45, 7) is 5.96. The van der Waals surface area contributed by atoms with E-state index in [4.69, 9.17) is 11.6 Å². The largest absolute Gasteiger partial charge is 0.264 e. The van der Waals surface area contributed by atoms with Crippen LogP contribution < -0.4 is 0 Å². The van der Waals surface area contributed by atoms with Crippen molar-refractivity contribution in [3.8, 4) is 0 Å². The zero-order valence-electron chi connectivity index (χ0n) is 8.58. The molecule has 2 heterocycles. The van der Waals surface area contributed by atoms with Gasteiger partial charge < -0.3 is 0 Å². The van der Waals surface area contributed by atoms with E-state index in [0.29, 0.717) is 5.02 Å². The summed E-state index contributed by atoms with van der Waals surface area (Å²) in [7, 11) is 0. The molecule has 0 amide bonds. The van der Waals surface area contributed by atoms with Gasteiger partial charge in [-0.25, -0.2) is 0 Å². The molecule has 74 valence electrons. The number of aromatic nitrogens is 2. The van der Waals surface area contributed by atoms with Gasteiger partial charge in [0.15, 0.2) is 0 Å². The highest BCUT2D eigenvalue weighted by Gasteiger charge is 2.00. The number of halogens is 1. The maximum atomic E-state index is 5.93. The lowest BCUT2D eigenvalue weighted by molar-refractivity contribution is 1.23. The average molecular weight is 209 g/mol. The molecular formula is C11H13ClN2. The van der Waals surface area contributed by atoms with Crippen LogP contribution in [0.2, 0.25) is 5.02 Å². The second-order valence-electron chi connectivity index (χ2n) is 2.61. The summed E-state index contributed by atoms with van der Waals surface area (Å²) in [4.78, 5) is 8.15. The molecular weight excluding hydrogens is 196 g/mol. The van der Waals surface area contributed by atoms with Crippen molar-refractivity contribution in [3.05, 3.63) is 35.4 Å². The summed E-state index contributed by atoms with van der Waals surface area (Å²) in [6, 6.07) is 1.92. The fraction of sp³-hybridized carbons (Fsp3) is 0.273. The van der Waals surface area contributed by atoms with E-state index in [0.717, 1.165) is 16.5 Å². The second-order valence-corrected chi connectivity index (χ2v) is 3.02. The van der Waals surface area contributed by atoms with Crippen molar-refractivity contribution in [3.63, 3.8) is 0 Å². The van der Waals surface area contributed by atoms with Crippen LogP contribution in [0.1, 0.15) is 19.5 Å². The highest BCUT2D eigenvalue weighted by molar-refractivity contribution is 6.35. The first kappa shape index (κ1) is 10.9. The molecule has 0 unspecified atom stereocenters. The van der Waals surface area contributed by atoms with Gasteiger partial charge in [0.2, 0.25) is 0 Å². The number of rotatable bonds is 0. The molecule has 0 aliphatic carbocycles. The number of nitrogens with zero attached hydrogens (tertiary/aromatic N) is 2. The van der Waals surface area contributed by atoms with Gasteiger partial charge in [-0.2, -0.15) is 0 Å². The third kappa shape index (κ3) is 2.02. The zero-order valence-corrected chi connectivity index (χ0v) is 9.34. The van der Waals surface area contributed by atoms with Crippen LogP contribution in [-0.4, -0.2) is 9.97 Å². The highest BCUT2D eigenvalue weighted by Crippen LogP contribution is 2.22. The molecule has 3 heteroatoms. The quantitative estimate of drug-likeness (QED) is 0.661. The molecule has 2 nitrogen and oxygen atoms in total. The van der Waals surface area contributed by atoms with E-state index in [9.17, 15) is 0 Å². The number of fused-ring (bicyclic) bond motifs is 1. The van der Waals surface area contributed by atoms with Gasteiger partial charge in [0.05, 0.1) is 5.02 Å². The lowest BCUT2D eigenvalue weighted by Crippen LogP contribution is -1.84. The Kier molecular flexibility index (Phi) is 3.84. The van der Waals surface area contributed by atoms with Crippen LogP contribution in [0.15, 0.2) is 24.7 Å². The minimum Gasteiger partial charge on any atom is -0.264 e. The maximum Gasteiger partial charge on any atom is 0.0683 e. The Morgan fingerprint density at radius 1 is 1.14 bits per heavy atom. The number of pyridine rings is 2. The third-order valence-electron chi connectivity index (χ3n) is 1.84. The summed E-state index contributed by atoms with van der Waals surface area (Å²) in [6.07, 6.45) is 5.15. The third-order valence-corrected chi connectivity index (χ3v) is 2.14. The molecule has 2 rings (SSSR count). The Bertz CT molecular complexity index is 386. The molecule has 0 bridgehead atoms. The predicted molar refractivity (Wildman–Crippen MR) is 60.6 cm³/mol. The molecule has 0 aromatic carbocycles. The van der Waals surface area contributed by atoms with Gasteiger partial charge in [0.25, 0.3) is 0 Å². The Morgan fingerprint density at radius 3 is 2.50 bits per heavy atom. The lowest BCUT2D eigenvalue weighted by Gasteiger charge is -2.00. The van der Waals surface area contributed by atoms with Crippen LogP contribution in [0.4, 0.5) is 0 Å². The Morgan fingerprint density at radius 2 is 1.86 bits per heavy atom. The van der Waals surface area contributed by atoms with Gasteiger partial charge in [0.1, 0.15) is 0 Å². The van der Waals surface area contributed by atoms with Crippen LogP contribution in [-0.2, 0) is 0 Å². The Balaban J connectivity index is 0.000000461. The maximum absolute atomic E-state index is 5.93. The van der Waals surface area contributed by atoms with Crippen molar-refractivity contribution in [2.45, 2.75) is 20.8 Å². The standard InChI is InChI=1S/C9H7ClN2.C2H6/c1-6-7-2-3-11-4-8(7)9(10)5-12-6;1-2/h2-5H,1H3;1-2H3. The summed E-state index contributed by atoms with van der Waals surface area (Å²) < 4.78 is 0. The molecule has 14 heavy (non-hydrogen) atoms. The minimum absolute atomic E-state index is 0.656. The molecule has 0 fully saturated rings. The van der Waals surface area contributed by atoms with Gasteiger partial charge in [-0.1, -0.05) is 25.4 Å². The van der Waals surface area contributed by atoms with Crippen molar-refractivity contribution >= 4 is 22.4 Å². The first-order valence-corrected chi connectivity index (χ1v) is 5.01. The van der Waals surface area contributed by atoms with Gasteiger partial charge >= 0.3 is 0 Å². The van der Waals surface area contributed by atoms with Gasteiger partial charge in [-0.3, -0.25) is 9.97 Å². The molecule has 0 aliphatic rings. The predicted octanol–water partition coefficient (Wildman–Crippen LogP) is 3.62. The molecule has 2 aromatic rings. The van der Waals surface area contributed by atoms with Gasteiger partial charge in [-0.05, 0) is 13.0 Å². The first-order valence-electron chi connectivity index (χ1n) is 4.64. The Hall–Kier alpha value is -1.15. The van der Waals surface area contributed by atoms with Crippen molar-refractivity contribution in [1.82, 2.24) is 9.97 Å². The summed E-state index contributed by atoms with van der Waals surface area (Å²) in [5.41, 5.74) is 0.983. The van der Waals surface area contributed by atoms with Crippen molar-refractivity contribution < 1.29 is 0 Å². The number of aryl methyl sites for hydroxylation is 1. The SMILES string of the molecule is CC.Cc1ncc(Cl)c2cnccc12. The topological polar surface area (TPSA) is 25.8 Å². The molecule has 0 atom stereocenters. The van der Waals surface area contributed by atoms with Gasteiger partial charge in [0, 0.05) is 35.1 Å².